The Morgan fingerprint density at radius 2 is 2.00 bits per heavy atom. The summed E-state index contributed by atoms with van der Waals surface area (Å²) in [5.41, 5.74) is 2.38. The van der Waals surface area contributed by atoms with E-state index in [0.717, 1.165) is 30.5 Å². The third kappa shape index (κ3) is 3.84. The summed E-state index contributed by atoms with van der Waals surface area (Å²) in [6, 6.07) is 6.03. The smallest absolute Gasteiger partial charge is 0.240 e. The van der Waals surface area contributed by atoms with E-state index in [1.807, 2.05) is 19.1 Å². The maximum absolute atomic E-state index is 12.4. The normalized spacial score (nSPS) is 20.5. The average molecular weight is 308 g/mol. The standard InChI is InChI=1S/C16H24N2O2S/c1-12-3-6-15(9-13(12)10-17-14-4-5-14)21(19,20)18-11-16(2)7-8-16/h3,6,9,14,17-18H,4-5,7-8,10-11H2,1-2H3. The second kappa shape index (κ2) is 5.38. The van der Waals surface area contributed by atoms with Crippen LogP contribution in [0.1, 0.15) is 43.7 Å². The van der Waals surface area contributed by atoms with Gasteiger partial charge in [0.05, 0.1) is 4.90 Å². The topological polar surface area (TPSA) is 58.2 Å². The van der Waals surface area contributed by atoms with Crippen molar-refractivity contribution in [3.63, 3.8) is 0 Å². The van der Waals surface area contributed by atoms with Crippen molar-refractivity contribution in [2.24, 2.45) is 5.41 Å². The van der Waals surface area contributed by atoms with Crippen LogP contribution in [0.15, 0.2) is 23.1 Å². The van der Waals surface area contributed by atoms with Crippen molar-refractivity contribution >= 4 is 10.0 Å². The lowest BCUT2D eigenvalue weighted by atomic mass is 10.1. The maximum atomic E-state index is 12.4. The average Bonchev–Trinajstić information content (AvgIpc) is 3.34. The van der Waals surface area contributed by atoms with Crippen molar-refractivity contribution in [2.45, 2.75) is 57.0 Å². The number of aryl methyl sites for hydroxylation is 1. The molecule has 1 aromatic carbocycles. The predicted molar refractivity (Wildman–Crippen MR) is 83.6 cm³/mol. The minimum Gasteiger partial charge on any atom is -0.310 e. The van der Waals surface area contributed by atoms with Crippen LogP contribution in [0, 0.1) is 12.3 Å². The van der Waals surface area contributed by atoms with E-state index in [9.17, 15) is 8.42 Å². The number of hydrogen-bond donors (Lipinski definition) is 2. The zero-order valence-electron chi connectivity index (χ0n) is 12.8. The maximum Gasteiger partial charge on any atom is 0.240 e. The predicted octanol–water partition coefficient (Wildman–Crippen LogP) is 2.33. The Hall–Kier alpha value is -0.910. The SMILES string of the molecule is Cc1ccc(S(=O)(=O)NCC2(C)CC2)cc1CNC1CC1. The fourth-order valence-electron chi connectivity index (χ4n) is 2.29. The third-order valence-electron chi connectivity index (χ3n) is 4.58. The van der Waals surface area contributed by atoms with Gasteiger partial charge in [-0.3, -0.25) is 0 Å². The van der Waals surface area contributed by atoms with Crippen molar-refractivity contribution in [3.8, 4) is 0 Å². The molecule has 0 radical (unpaired) electrons. The summed E-state index contributed by atoms with van der Waals surface area (Å²) in [6.45, 7) is 5.44. The van der Waals surface area contributed by atoms with Gasteiger partial charge in [-0.2, -0.15) is 0 Å². The number of sulfonamides is 1. The summed E-state index contributed by atoms with van der Waals surface area (Å²) < 4.78 is 27.5. The lowest BCUT2D eigenvalue weighted by molar-refractivity contribution is 0.530. The monoisotopic (exact) mass is 308 g/mol. The van der Waals surface area contributed by atoms with Crippen LogP contribution in [0.25, 0.3) is 0 Å². The Kier molecular flexibility index (Phi) is 3.84. The van der Waals surface area contributed by atoms with E-state index < -0.39 is 10.0 Å². The quantitative estimate of drug-likeness (QED) is 0.813. The molecule has 0 spiro atoms. The number of hydrogen-bond acceptors (Lipinski definition) is 3. The zero-order valence-corrected chi connectivity index (χ0v) is 13.6. The molecule has 0 bridgehead atoms. The molecule has 0 aromatic heterocycles. The van der Waals surface area contributed by atoms with Crippen molar-refractivity contribution < 1.29 is 8.42 Å². The van der Waals surface area contributed by atoms with Gasteiger partial charge in [-0.05, 0) is 61.3 Å². The minimum absolute atomic E-state index is 0.175. The number of nitrogens with one attached hydrogen (secondary N) is 2. The highest BCUT2D eigenvalue weighted by atomic mass is 32.2. The summed E-state index contributed by atoms with van der Waals surface area (Å²) in [7, 11) is -3.39. The number of rotatable bonds is 7. The van der Waals surface area contributed by atoms with Crippen LogP contribution in [0.4, 0.5) is 0 Å². The fourth-order valence-corrected chi connectivity index (χ4v) is 3.54. The highest BCUT2D eigenvalue weighted by molar-refractivity contribution is 7.89. The molecule has 0 aliphatic heterocycles. The summed E-state index contributed by atoms with van der Waals surface area (Å²) in [6.07, 6.45) is 4.69. The molecule has 5 heteroatoms. The second-order valence-electron chi connectivity index (χ2n) is 6.88. The Bertz CT molecular complexity index is 632. The van der Waals surface area contributed by atoms with E-state index in [-0.39, 0.29) is 5.41 Å². The zero-order chi connectivity index (χ0) is 15.1. The van der Waals surface area contributed by atoms with Crippen LogP contribution in [0.3, 0.4) is 0 Å². The van der Waals surface area contributed by atoms with Gasteiger partial charge in [0.25, 0.3) is 0 Å². The lowest BCUT2D eigenvalue weighted by Crippen LogP contribution is -2.29. The first-order valence-electron chi connectivity index (χ1n) is 7.71. The first-order valence-corrected chi connectivity index (χ1v) is 9.19. The van der Waals surface area contributed by atoms with E-state index in [0.29, 0.717) is 17.5 Å². The van der Waals surface area contributed by atoms with E-state index in [1.54, 1.807) is 6.07 Å². The molecule has 2 N–H and O–H groups in total. The molecule has 2 fully saturated rings. The van der Waals surface area contributed by atoms with Crippen LogP contribution in [-0.2, 0) is 16.6 Å². The van der Waals surface area contributed by atoms with Gasteiger partial charge in [0, 0.05) is 19.1 Å². The summed E-state index contributed by atoms with van der Waals surface area (Å²) in [4.78, 5) is 0.380. The van der Waals surface area contributed by atoms with Crippen LogP contribution in [0.2, 0.25) is 0 Å². The van der Waals surface area contributed by atoms with Gasteiger partial charge in [-0.15, -0.1) is 0 Å². The van der Waals surface area contributed by atoms with E-state index in [1.165, 1.54) is 12.8 Å². The van der Waals surface area contributed by atoms with Crippen LogP contribution >= 0.6 is 0 Å². The van der Waals surface area contributed by atoms with Gasteiger partial charge in [-0.1, -0.05) is 13.0 Å². The molecule has 0 unspecified atom stereocenters. The molecular weight excluding hydrogens is 284 g/mol. The van der Waals surface area contributed by atoms with E-state index in [2.05, 4.69) is 17.0 Å². The molecule has 116 valence electrons. The third-order valence-corrected chi connectivity index (χ3v) is 5.98. The lowest BCUT2D eigenvalue weighted by Gasteiger charge is -2.13. The van der Waals surface area contributed by atoms with Gasteiger partial charge in [0.2, 0.25) is 10.0 Å². The van der Waals surface area contributed by atoms with Crippen LogP contribution < -0.4 is 10.0 Å². The Balaban J connectivity index is 1.71. The molecule has 3 rings (SSSR count). The van der Waals surface area contributed by atoms with Gasteiger partial charge >= 0.3 is 0 Å². The van der Waals surface area contributed by atoms with Gasteiger partial charge in [0.1, 0.15) is 0 Å². The van der Waals surface area contributed by atoms with Crippen LogP contribution in [0.5, 0.6) is 0 Å². The first-order chi connectivity index (χ1) is 9.88. The Morgan fingerprint density at radius 1 is 1.29 bits per heavy atom. The van der Waals surface area contributed by atoms with Crippen molar-refractivity contribution in [2.75, 3.05) is 6.54 Å². The molecule has 0 amide bonds. The van der Waals surface area contributed by atoms with Crippen molar-refractivity contribution in [3.05, 3.63) is 29.3 Å². The first kappa shape index (κ1) is 15.0. The van der Waals surface area contributed by atoms with E-state index >= 15 is 0 Å². The number of benzene rings is 1. The Morgan fingerprint density at radius 3 is 2.62 bits per heavy atom. The van der Waals surface area contributed by atoms with E-state index in [4.69, 9.17) is 0 Å². The molecule has 2 aliphatic rings. The second-order valence-corrected chi connectivity index (χ2v) is 8.65. The van der Waals surface area contributed by atoms with Gasteiger partial charge in [-0.25, -0.2) is 13.1 Å². The van der Waals surface area contributed by atoms with Gasteiger partial charge in [0.15, 0.2) is 0 Å². The summed E-state index contributed by atoms with van der Waals surface area (Å²) in [5, 5.41) is 3.44. The molecule has 0 atom stereocenters. The fraction of sp³-hybridized carbons (Fsp3) is 0.625. The summed E-state index contributed by atoms with van der Waals surface area (Å²) >= 11 is 0. The van der Waals surface area contributed by atoms with Crippen molar-refractivity contribution in [1.82, 2.24) is 10.0 Å². The molecule has 4 nitrogen and oxygen atoms in total. The Labute approximate surface area is 127 Å². The highest BCUT2D eigenvalue weighted by Gasteiger charge is 2.38. The van der Waals surface area contributed by atoms with Crippen LogP contribution in [-0.4, -0.2) is 21.0 Å². The molecule has 2 saturated carbocycles. The van der Waals surface area contributed by atoms with Gasteiger partial charge < -0.3 is 5.32 Å². The molecule has 2 aliphatic carbocycles. The molecule has 0 heterocycles. The molecular formula is C16H24N2O2S. The minimum atomic E-state index is -3.39. The largest absolute Gasteiger partial charge is 0.310 e. The molecule has 1 aromatic rings. The molecule has 21 heavy (non-hydrogen) atoms. The highest BCUT2D eigenvalue weighted by Crippen LogP contribution is 2.44. The van der Waals surface area contributed by atoms with Crippen molar-refractivity contribution in [1.29, 1.82) is 0 Å². The summed E-state index contributed by atoms with van der Waals surface area (Å²) in [5.74, 6) is 0. The molecule has 0 saturated heterocycles.